The molecule has 1 aromatic rings. The molecule has 0 saturated carbocycles. The van der Waals surface area contributed by atoms with Crippen LogP contribution in [0.4, 0.5) is 0 Å². The summed E-state index contributed by atoms with van der Waals surface area (Å²) < 4.78 is 10.2. The SMILES string of the molecule is COC(=O)C(CCSC)NC(=O)CN(Cc1cccc(OC)c1)C[C@@H]1CCCN1C(=O)CN.Cl. The summed E-state index contributed by atoms with van der Waals surface area (Å²) in [7, 11) is 2.93. The number of methoxy groups -OCH3 is 2. The minimum Gasteiger partial charge on any atom is -0.497 e. The Labute approximate surface area is 212 Å². The molecule has 3 N–H and O–H groups in total. The highest BCUT2D eigenvalue weighted by Gasteiger charge is 2.30. The Kier molecular flexibility index (Phi) is 14.0. The molecule has 1 saturated heterocycles. The van der Waals surface area contributed by atoms with Crippen molar-refractivity contribution in [2.75, 3.05) is 52.4 Å². The minimum atomic E-state index is -0.685. The van der Waals surface area contributed by atoms with Gasteiger partial charge in [0, 0.05) is 25.7 Å². The number of carbonyl (C=O) groups is 3. The first-order valence-electron chi connectivity index (χ1n) is 11.1. The van der Waals surface area contributed by atoms with Crippen molar-refractivity contribution >= 4 is 42.0 Å². The van der Waals surface area contributed by atoms with Gasteiger partial charge >= 0.3 is 5.97 Å². The average Bonchev–Trinajstić information content (AvgIpc) is 3.28. The lowest BCUT2D eigenvalue weighted by Crippen LogP contribution is -2.49. The minimum absolute atomic E-state index is 0. The normalized spacial score (nSPS) is 16.0. The summed E-state index contributed by atoms with van der Waals surface area (Å²) in [5, 5.41) is 2.82. The largest absolute Gasteiger partial charge is 0.497 e. The number of nitrogens with zero attached hydrogens (tertiary/aromatic N) is 2. The van der Waals surface area contributed by atoms with E-state index in [2.05, 4.69) is 5.32 Å². The van der Waals surface area contributed by atoms with E-state index >= 15 is 0 Å². The van der Waals surface area contributed by atoms with E-state index in [-0.39, 0.29) is 43.4 Å². The molecule has 1 aliphatic rings. The predicted molar refractivity (Wildman–Crippen MR) is 136 cm³/mol. The molecule has 0 bridgehead atoms. The van der Waals surface area contributed by atoms with E-state index in [1.165, 1.54) is 7.11 Å². The molecule has 2 atom stereocenters. The van der Waals surface area contributed by atoms with Crippen LogP contribution in [0.1, 0.15) is 24.8 Å². The summed E-state index contributed by atoms with van der Waals surface area (Å²) in [5.74, 6) is 0.675. The Bertz CT molecular complexity index is 800. The number of carbonyl (C=O) groups excluding carboxylic acids is 3. The molecule has 1 fully saturated rings. The zero-order valence-electron chi connectivity index (χ0n) is 20.2. The van der Waals surface area contributed by atoms with E-state index in [9.17, 15) is 14.4 Å². The molecule has 2 rings (SSSR count). The monoisotopic (exact) mass is 516 g/mol. The van der Waals surface area contributed by atoms with Crippen LogP contribution in [0, 0.1) is 0 Å². The number of ether oxygens (including phenoxy) is 2. The molecule has 0 aliphatic carbocycles. The van der Waals surface area contributed by atoms with Crippen molar-refractivity contribution in [3.63, 3.8) is 0 Å². The molecule has 0 aromatic heterocycles. The van der Waals surface area contributed by atoms with Gasteiger partial charge in [0.05, 0.1) is 27.3 Å². The number of halogens is 1. The van der Waals surface area contributed by atoms with Crippen molar-refractivity contribution in [3.8, 4) is 5.75 Å². The Morgan fingerprint density at radius 1 is 1.32 bits per heavy atom. The van der Waals surface area contributed by atoms with Crippen LogP contribution in [0.2, 0.25) is 0 Å². The van der Waals surface area contributed by atoms with Crippen LogP contribution in [0.3, 0.4) is 0 Å². The van der Waals surface area contributed by atoms with Crippen molar-refractivity contribution < 1.29 is 23.9 Å². The van der Waals surface area contributed by atoms with Crippen LogP contribution in [0.15, 0.2) is 24.3 Å². The first-order chi connectivity index (χ1) is 15.9. The Hall–Kier alpha value is -2.01. The van der Waals surface area contributed by atoms with E-state index in [4.69, 9.17) is 15.2 Å². The van der Waals surface area contributed by atoms with Crippen LogP contribution in [-0.2, 0) is 25.7 Å². The Morgan fingerprint density at radius 2 is 2.09 bits per heavy atom. The fraction of sp³-hybridized carbons (Fsp3) is 0.609. The second-order valence-corrected chi connectivity index (χ2v) is 9.02. The lowest BCUT2D eigenvalue weighted by Gasteiger charge is -2.31. The van der Waals surface area contributed by atoms with Gasteiger partial charge in [-0.1, -0.05) is 12.1 Å². The Morgan fingerprint density at radius 3 is 2.74 bits per heavy atom. The topological polar surface area (TPSA) is 114 Å². The van der Waals surface area contributed by atoms with Gasteiger partial charge in [0.15, 0.2) is 0 Å². The van der Waals surface area contributed by atoms with Gasteiger partial charge in [0.2, 0.25) is 11.8 Å². The van der Waals surface area contributed by atoms with E-state index in [0.717, 1.165) is 29.9 Å². The number of thioether (sulfide) groups is 1. The number of nitrogens with one attached hydrogen (secondary N) is 1. The van der Waals surface area contributed by atoms with Gasteiger partial charge in [-0.2, -0.15) is 11.8 Å². The molecule has 1 heterocycles. The van der Waals surface area contributed by atoms with E-state index < -0.39 is 12.0 Å². The number of rotatable bonds is 13. The third kappa shape index (κ3) is 9.32. The number of amides is 2. The summed E-state index contributed by atoms with van der Waals surface area (Å²) >= 11 is 1.60. The van der Waals surface area contributed by atoms with Gasteiger partial charge in [-0.3, -0.25) is 14.5 Å². The average molecular weight is 517 g/mol. The molecule has 0 radical (unpaired) electrons. The third-order valence-electron chi connectivity index (χ3n) is 5.68. The summed E-state index contributed by atoms with van der Waals surface area (Å²) in [6.07, 6.45) is 4.22. The molecule has 0 spiro atoms. The molecule has 34 heavy (non-hydrogen) atoms. The number of esters is 1. The molecular formula is C23H37ClN4O5S. The predicted octanol–water partition coefficient (Wildman–Crippen LogP) is 1.28. The van der Waals surface area contributed by atoms with E-state index in [0.29, 0.717) is 26.1 Å². The molecule has 192 valence electrons. The summed E-state index contributed by atoms with van der Waals surface area (Å²) in [6, 6.07) is 6.98. The standard InChI is InChI=1S/C23H36N4O5S.ClH/c1-31-19-8-4-6-17(12-19)14-26(15-18-7-5-10-27(18)22(29)13-24)16-21(28)25-20(9-11-33-3)23(30)32-2;/h4,6,8,12,18,20H,5,7,9-11,13-16,24H2,1-3H3,(H,25,28);1H/t18-,20?;/m0./s1. The van der Waals surface area contributed by atoms with Gasteiger partial charge < -0.3 is 25.4 Å². The van der Waals surface area contributed by atoms with Crippen LogP contribution >= 0.6 is 24.2 Å². The quantitative estimate of drug-likeness (QED) is 0.377. The number of hydrogen-bond acceptors (Lipinski definition) is 8. The maximum absolute atomic E-state index is 12.9. The smallest absolute Gasteiger partial charge is 0.328 e. The van der Waals surface area contributed by atoms with Gasteiger partial charge in [-0.05, 0) is 49.0 Å². The zero-order valence-corrected chi connectivity index (χ0v) is 21.8. The van der Waals surface area contributed by atoms with E-state index in [1.807, 2.05) is 40.3 Å². The number of hydrogen-bond donors (Lipinski definition) is 2. The van der Waals surface area contributed by atoms with Crippen molar-refractivity contribution in [1.82, 2.24) is 15.1 Å². The molecule has 2 amide bonds. The zero-order chi connectivity index (χ0) is 24.2. The number of nitrogens with two attached hydrogens (primary N) is 1. The molecular weight excluding hydrogens is 480 g/mol. The van der Waals surface area contributed by atoms with Crippen molar-refractivity contribution in [2.45, 2.75) is 37.9 Å². The fourth-order valence-electron chi connectivity index (χ4n) is 4.05. The van der Waals surface area contributed by atoms with E-state index in [1.54, 1.807) is 18.9 Å². The van der Waals surface area contributed by atoms with Gasteiger partial charge in [-0.15, -0.1) is 12.4 Å². The molecule has 1 unspecified atom stereocenters. The van der Waals surface area contributed by atoms with Crippen molar-refractivity contribution in [2.24, 2.45) is 5.73 Å². The first kappa shape index (κ1) is 30.0. The second-order valence-electron chi connectivity index (χ2n) is 8.03. The lowest BCUT2D eigenvalue weighted by molar-refractivity contribution is -0.145. The number of benzene rings is 1. The maximum Gasteiger partial charge on any atom is 0.328 e. The first-order valence-corrected chi connectivity index (χ1v) is 12.5. The van der Waals surface area contributed by atoms with Crippen LogP contribution in [-0.4, -0.2) is 92.1 Å². The molecule has 11 heteroatoms. The third-order valence-corrected chi connectivity index (χ3v) is 6.32. The second kappa shape index (κ2) is 15.8. The molecule has 9 nitrogen and oxygen atoms in total. The highest BCUT2D eigenvalue weighted by molar-refractivity contribution is 7.98. The number of likely N-dealkylation sites (tertiary alicyclic amines) is 1. The van der Waals surface area contributed by atoms with Crippen LogP contribution in [0.5, 0.6) is 5.75 Å². The highest BCUT2D eigenvalue weighted by Crippen LogP contribution is 2.20. The summed E-state index contributed by atoms with van der Waals surface area (Å²) in [5.41, 5.74) is 6.58. The Balaban J connectivity index is 0.00000578. The molecule has 1 aliphatic heterocycles. The van der Waals surface area contributed by atoms with Gasteiger partial charge in [0.25, 0.3) is 0 Å². The fourth-order valence-corrected chi connectivity index (χ4v) is 4.52. The summed E-state index contributed by atoms with van der Waals surface area (Å²) in [4.78, 5) is 41.1. The lowest BCUT2D eigenvalue weighted by atomic mass is 10.1. The van der Waals surface area contributed by atoms with Crippen LogP contribution in [0.25, 0.3) is 0 Å². The van der Waals surface area contributed by atoms with Crippen LogP contribution < -0.4 is 15.8 Å². The molecule has 1 aromatic carbocycles. The van der Waals surface area contributed by atoms with Crippen molar-refractivity contribution in [3.05, 3.63) is 29.8 Å². The van der Waals surface area contributed by atoms with Crippen molar-refractivity contribution in [1.29, 1.82) is 0 Å². The van der Waals surface area contributed by atoms with Gasteiger partial charge in [-0.25, -0.2) is 4.79 Å². The maximum atomic E-state index is 12.9. The van der Waals surface area contributed by atoms with Gasteiger partial charge in [0.1, 0.15) is 11.8 Å². The summed E-state index contributed by atoms with van der Waals surface area (Å²) in [6.45, 7) is 1.77. The highest BCUT2D eigenvalue weighted by atomic mass is 35.5.